The van der Waals surface area contributed by atoms with Crippen LogP contribution in [0, 0.1) is 5.92 Å². The van der Waals surface area contributed by atoms with Gasteiger partial charge in [-0.3, -0.25) is 4.55 Å². The third kappa shape index (κ3) is 6.54. The van der Waals surface area contributed by atoms with Gasteiger partial charge in [0.05, 0.1) is 17.9 Å². The van der Waals surface area contributed by atoms with E-state index in [0.29, 0.717) is 29.4 Å². The summed E-state index contributed by atoms with van der Waals surface area (Å²) >= 11 is 6.09. The van der Waals surface area contributed by atoms with Gasteiger partial charge in [-0.15, -0.1) is 0 Å². The van der Waals surface area contributed by atoms with Gasteiger partial charge in [0, 0.05) is 6.07 Å². The van der Waals surface area contributed by atoms with Gasteiger partial charge in [-0.2, -0.15) is 8.42 Å². The van der Waals surface area contributed by atoms with Crippen molar-refractivity contribution in [3.8, 4) is 11.5 Å². The number of rotatable bonds is 8. The van der Waals surface area contributed by atoms with Crippen LogP contribution in [0.15, 0.2) is 18.2 Å². The average molecular weight is 337 g/mol. The van der Waals surface area contributed by atoms with Gasteiger partial charge in [-0.25, -0.2) is 0 Å². The topological polar surface area (TPSA) is 72.8 Å². The minimum atomic E-state index is -3.94. The Kier molecular flexibility index (Phi) is 6.77. The lowest BCUT2D eigenvalue weighted by atomic mass is 10.0. The number of ether oxygens (including phenoxy) is 2. The molecule has 120 valence electrons. The Morgan fingerprint density at radius 1 is 1.33 bits per heavy atom. The van der Waals surface area contributed by atoms with Crippen molar-refractivity contribution in [3.05, 3.63) is 23.2 Å². The average Bonchev–Trinajstić information content (AvgIpc) is 2.38. The maximum Gasteiger partial charge on any atom is 0.264 e. The van der Waals surface area contributed by atoms with Gasteiger partial charge in [0.2, 0.25) is 0 Å². The Balaban J connectivity index is 2.74. The number of halogens is 1. The molecule has 5 nitrogen and oxygen atoms in total. The van der Waals surface area contributed by atoms with E-state index in [4.69, 9.17) is 25.6 Å². The summed E-state index contributed by atoms with van der Waals surface area (Å²) in [4.78, 5) is 0. The second-order valence-corrected chi connectivity index (χ2v) is 7.10. The molecule has 1 N–H and O–H groups in total. The van der Waals surface area contributed by atoms with Crippen LogP contribution in [0.5, 0.6) is 11.5 Å². The third-order valence-corrected chi connectivity index (χ3v) is 4.17. The van der Waals surface area contributed by atoms with E-state index in [2.05, 4.69) is 0 Å². The van der Waals surface area contributed by atoms with Crippen molar-refractivity contribution >= 4 is 21.7 Å². The summed E-state index contributed by atoms with van der Waals surface area (Å²) in [7, 11) is -2.38. The van der Waals surface area contributed by atoms with Crippen molar-refractivity contribution in [1.82, 2.24) is 0 Å². The maximum absolute atomic E-state index is 10.8. The van der Waals surface area contributed by atoms with Crippen LogP contribution in [0.3, 0.4) is 0 Å². The van der Waals surface area contributed by atoms with E-state index < -0.39 is 10.1 Å². The predicted molar refractivity (Wildman–Crippen MR) is 82.9 cm³/mol. The molecule has 0 heterocycles. The fourth-order valence-corrected chi connectivity index (χ4v) is 2.55. The van der Waals surface area contributed by atoms with Crippen LogP contribution in [-0.2, 0) is 10.1 Å². The molecule has 0 saturated heterocycles. The van der Waals surface area contributed by atoms with E-state index in [1.165, 1.54) is 0 Å². The van der Waals surface area contributed by atoms with Gasteiger partial charge in [0.15, 0.2) is 0 Å². The summed E-state index contributed by atoms with van der Waals surface area (Å²) in [6.07, 6.45) is 0.630. The summed E-state index contributed by atoms with van der Waals surface area (Å²) in [6.45, 7) is 3.96. The molecular weight excluding hydrogens is 316 g/mol. The Hall–Kier alpha value is -0.980. The van der Waals surface area contributed by atoms with Crippen LogP contribution in [0.1, 0.15) is 26.7 Å². The molecule has 0 aliphatic carbocycles. The van der Waals surface area contributed by atoms with E-state index in [9.17, 15) is 8.42 Å². The zero-order valence-electron chi connectivity index (χ0n) is 12.4. The Labute approximate surface area is 131 Å². The molecule has 0 aliphatic rings. The van der Waals surface area contributed by atoms with Crippen LogP contribution >= 0.6 is 11.6 Å². The first-order chi connectivity index (χ1) is 9.73. The summed E-state index contributed by atoms with van der Waals surface area (Å²) in [6, 6.07) is 5.11. The molecule has 0 fully saturated rings. The first-order valence-corrected chi connectivity index (χ1v) is 8.67. The molecule has 0 amide bonds. The van der Waals surface area contributed by atoms with Gasteiger partial charge in [-0.1, -0.05) is 25.4 Å². The van der Waals surface area contributed by atoms with Crippen molar-refractivity contribution in [3.63, 3.8) is 0 Å². The summed E-state index contributed by atoms with van der Waals surface area (Å²) < 4.78 is 41.3. The highest BCUT2D eigenvalue weighted by molar-refractivity contribution is 7.85. The SMILES string of the molecule is COc1ccc(Cl)c(OC(CCCS(=O)(=O)O)C(C)C)c1. The zero-order valence-corrected chi connectivity index (χ0v) is 13.9. The molecular formula is C14H21ClO5S. The molecule has 0 saturated carbocycles. The van der Waals surface area contributed by atoms with Crippen LogP contribution in [0.25, 0.3) is 0 Å². The summed E-state index contributed by atoms with van der Waals surface area (Å²) in [5, 5.41) is 0.469. The molecule has 21 heavy (non-hydrogen) atoms. The normalized spacial score (nSPS) is 13.2. The fourth-order valence-electron chi connectivity index (χ4n) is 1.86. The summed E-state index contributed by atoms with van der Waals surface area (Å²) in [5.74, 6) is 1.04. The number of hydrogen-bond acceptors (Lipinski definition) is 4. The Morgan fingerprint density at radius 3 is 2.52 bits per heavy atom. The minimum absolute atomic E-state index is 0.175. The number of hydrogen-bond donors (Lipinski definition) is 1. The molecule has 1 rings (SSSR count). The molecule has 1 atom stereocenters. The quantitative estimate of drug-likeness (QED) is 0.736. The highest BCUT2D eigenvalue weighted by Gasteiger charge is 2.18. The molecule has 0 aromatic heterocycles. The highest BCUT2D eigenvalue weighted by Crippen LogP contribution is 2.31. The molecule has 0 radical (unpaired) electrons. The van der Waals surface area contributed by atoms with Gasteiger partial charge in [0.25, 0.3) is 10.1 Å². The van der Waals surface area contributed by atoms with Gasteiger partial charge in [-0.05, 0) is 30.9 Å². The Morgan fingerprint density at radius 2 is 2.00 bits per heavy atom. The van der Waals surface area contributed by atoms with E-state index in [1.807, 2.05) is 13.8 Å². The van der Waals surface area contributed by atoms with E-state index in [1.54, 1.807) is 25.3 Å². The molecule has 1 unspecified atom stereocenters. The van der Waals surface area contributed by atoms with Crippen molar-refractivity contribution in [2.24, 2.45) is 5.92 Å². The van der Waals surface area contributed by atoms with Crippen molar-refractivity contribution in [1.29, 1.82) is 0 Å². The van der Waals surface area contributed by atoms with E-state index in [-0.39, 0.29) is 17.8 Å². The first kappa shape index (κ1) is 18.1. The minimum Gasteiger partial charge on any atom is -0.497 e. The first-order valence-electron chi connectivity index (χ1n) is 6.68. The number of methoxy groups -OCH3 is 1. The van der Waals surface area contributed by atoms with Crippen molar-refractivity contribution in [2.45, 2.75) is 32.8 Å². The molecule has 1 aromatic carbocycles. The monoisotopic (exact) mass is 336 g/mol. The van der Waals surface area contributed by atoms with Gasteiger partial charge >= 0.3 is 0 Å². The fraction of sp³-hybridized carbons (Fsp3) is 0.571. The van der Waals surface area contributed by atoms with Gasteiger partial charge in [0.1, 0.15) is 17.6 Å². The van der Waals surface area contributed by atoms with Gasteiger partial charge < -0.3 is 9.47 Å². The second-order valence-electron chi connectivity index (χ2n) is 5.12. The standard InChI is InChI=1S/C14H21ClO5S/c1-10(2)13(5-4-8-21(16,17)18)20-14-9-11(19-3)6-7-12(14)15/h6-7,9-10,13H,4-5,8H2,1-3H3,(H,16,17,18). The number of benzene rings is 1. The van der Waals surface area contributed by atoms with E-state index >= 15 is 0 Å². The lowest BCUT2D eigenvalue weighted by Crippen LogP contribution is -2.24. The van der Waals surface area contributed by atoms with Crippen LogP contribution in [0.4, 0.5) is 0 Å². The zero-order chi connectivity index (χ0) is 16.0. The van der Waals surface area contributed by atoms with Crippen molar-refractivity contribution < 1.29 is 22.4 Å². The second kappa shape index (κ2) is 7.87. The maximum atomic E-state index is 10.8. The smallest absolute Gasteiger partial charge is 0.264 e. The molecule has 0 bridgehead atoms. The predicted octanol–water partition coefficient (Wildman–Crippen LogP) is 3.42. The molecule has 0 spiro atoms. The van der Waals surface area contributed by atoms with Crippen LogP contribution in [0.2, 0.25) is 5.02 Å². The van der Waals surface area contributed by atoms with Crippen LogP contribution < -0.4 is 9.47 Å². The largest absolute Gasteiger partial charge is 0.497 e. The highest BCUT2D eigenvalue weighted by atomic mass is 35.5. The third-order valence-electron chi connectivity index (χ3n) is 3.05. The van der Waals surface area contributed by atoms with E-state index in [0.717, 1.165) is 0 Å². The van der Waals surface area contributed by atoms with Crippen molar-refractivity contribution in [2.75, 3.05) is 12.9 Å². The molecule has 1 aromatic rings. The van der Waals surface area contributed by atoms with Crippen LogP contribution in [-0.4, -0.2) is 31.9 Å². The molecule has 0 aliphatic heterocycles. The Bertz CT molecular complexity index is 556. The summed E-state index contributed by atoms with van der Waals surface area (Å²) in [5.41, 5.74) is 0. The molecule has 7 heteroatoms. The lowest BCUT2D eigenvalue weighted by molar-refractivity contribution is 0.141. The lowest BCUT2D eigenvalue weighted by Gasteiger charge is -2.23.